The zero-order chi connectivity index (χ0) is 59.8. The number of nitrogens with zero attached hydrogens (tertiary/aromatic N) is 1. The fourth-order valence-electron chi connectivity index (χ4n) is 11.2. The SMILES string of the molecule is CCCCCCCCCC/C=C\CCCCCCCCCCCCCCCCCCCCCCCC(=O)OC(COC(=O)CCCCCCCCCCCCCCCCCCCCCCCCCCC)COP(=O)(O)OCC[N+](C)(C)C. The molecule has 0 fully saturated rings. The predicted molar refractivity (Wildman–Crippen MR) is 354 cm³/mol. The van der Waals surface area contributed by atoms with E-state index in [9.17, 15) is 19.0 Å². The number of rotatable bonds is 69. The average molecular weight is 1180 g/mol. The van der Waals surface area contributed by atoms with Gasteiger partial charge in [-0.25, -0.2) is 4.57 Å². The van der Waals surface area contributed by atoms with Crippen molar-refractivity contribution in [2.24, 2.45) is 0 Å². The molecule has 0 rings (SSSR count). The van der Waals surface area contributed by atoms with Gasteiger partial charge in [0.15, 0.2) is 6.10 Å². The molecule has 0 aliphatic rings. The van der Waals surface area contributed by atoms with Gasteiger partial charge < -0.3 is 18.9 Å². The van der Waals surface area contributed by atoms with E-state index < -0.39 is 26.5 Å². The lowest BCUT2D eigenvalue weighted by atomic mass is 10.0. The maximum absolute atomic E-state index is 12.9. The van der Waals surface area contributed by atoms with Gasteiger partial charge in [-0.3, -0.25) is 18.6 Å². The van der Waals surface area contributed by atoms with Crippen molar-refractivity contribution < 1.29 is 42.1 Å². The number of phosphoric acid groups is 1. The van der Waals surface area contributed by atoms with Crippen molar-refractivity contribution in [3.8, 4) is 0 Å². The van der Waals surface area contributed by atoms with Crippen LogP contribution in [0.4, 0.5) is 0 Å². The van der Waals surface area contributed by atoms with E-state index in [1.165, 1.54) is 321 Å². The van der Waals surface area contributed by atoms with Gasteiger partial charge >= 0.3 is 19.8 Å². The highest BCUT2D eigenvalue weighted by Crippen LogP contribution is 2.43. The van der Waals surface area contributed by atoms with Crippen molar-refractivity contribution in [2.75, 3.05) is 47.5 Å². The van der Waals surface area contributed by atoms with Crippen molar-refractivity contribution in [1.82, 2.24) is 0 Å². The number of likely N-dealkylation sites (N-methyl/N-ethyl adjacent to an activating group) is 1. The van der Waals surface area contributed by atoms with Gasteiger partial charge in [0.05, 0.1) is 27.7 Å². The largest absolute Gasteiger partial charge is 0.472 e. The summed E-state index contributed by atoms with van der Waals surface area (Å²) in [6.07, 6.45) is 79.1. The Morgan fingerprint density at radius 2 is 0.622 bits per heavy atom. The van der Waals surface area contributed by atoms with Gasteiger partial charge in [-0.2, -0.15) is 0 Å². The summed E-state index contributed by atoms with van der Waals surface area (Å²) >= 11 is 0. The van der Waals surface area contributed by atoms with Crippen LogP contribution in [0.25, 0.3) is 0 Å². The molecular formula is C72H143NO8P+. The lowest BCUT2D eigenvalue weighted by Gasteiger charge is -2.24. The van der Waals surface area contributed by atoms with E-state index >= 15 is 0 Å². The number of allylic oxidation sites excluding steroid dienone is 2. The Balaban J connectivity index is 3.95. The number of phosphoric ester groups is 1. The fraction of sp³-hybridized carbons (Fsp3) is 0.944. The third-order valence-electron chi connectivity index (χ3n) is 16.8. The first-order chi connectivity index (χ1) is 40.0. The predicted octanol–water partition coefficient (Wildman–Crippen LogP) is 23.5. The number of hydrogen-bond acceptors (Lipinski definition) is 7. The van der Waals surface area contributed by atoms with Crippen LogP contribution in [0, 0.1) is 0 Å². The van der Waals surface area contributed by atoms with E-state index in [1.54, 1.807) is 0 Å². The summed E-state index contributed by atoms with van der Waals surface area (Å²) in [4.78, 5) is 35.9. The highest BCUT2D eigenvalue weighted by atomic mass is 31.2. The zero-order valence-electron chi connectivity index (χ0n) is 55.8. The molecule has 0 aromatic carbocycles. The number of esters is 2. The minimum Gasteiger partial charge on any atom is -0.462 e. The van der Waals surface area contributed by atoms with Crippen LogP contribution in [-0.2, 0) is 32.7 Å². The summed E-state index contributed by atoms with van der Waals surface area (Å²) in [5.41, 5.74) is 0. The summed E-state index contributed by atoms with van der Waals surface area (Å²) in [7, 11) is 1.51. The summed E-state index contributed by atoms with van der Waals surface area (Å²) in [5.74, 6) is -0.769. The van der Waals surface area contributed by atoms with Crippen LogP contribution in [0.3, 0.4) is 0 Å². The molecule has 2 unspecified atom stereocenters. The molecule has 0 amide bonds. The number of ether oxygens (including phenoxy) is 2. The van der Waals surface area contributed by atoms with E-state index in [1.807, 2.05) is 21.1 Å². The summed E-state index contributed by atoms with van der Waals surface area (Å²) in [5, 5.41) is 0. The van der Waals surface area contributed by atoms with Crippen LogP contribution in [0.15, 0.2) is 12.2 Å². The van der Waals surface area contributed by atoms with E-state index in [2.05, 4.69) is 26.0 Å². The molecule has 0 bridgehead atoms. The Kier molecular flexibility index (Phi) is 63.3. The van der Waals surface area contributed by atoms with Crippen molar-refractivity contribution in [1.29, 1.82) is 0 Å². The Bertz CT molecular complexity index is 1390. The lowest BCUT2D eigenvalue weighted by Crippen LogP contribution is -2.37. The van der Waals surface area contributed by atoms with Crippen molar-refractivity contribution in [3.63, 3.8) is 0 Å². The molecule has 488 valence electrons. The molecule has 2 atom stereocenters. The molecule has 0 radical (unpaired) electrons. The fourth-order valence-corrected chi connectivity index (χ4v) is 11.9. The molecule has 1 N–H and O–H groups in total. The average Bonchev–Trinajstić information content (AvgIpc) is 3.46. The van der Waals surface area contributed by atoms with Crippen LogP contribution >= 0.6 is 7.82 Å². The summed E-state index contributed by atoms with van der Waals surface area (Å²) in [6.45, 7) is 4.52. The van der Waals surface area contributed by atoms with Crippen LogP contribution in [0.2, 0.25) is 0 Å². The van der Waals surface area contributed by atoms with Gasteiger partial charge in [0.1, 0.15) is 19.8 Å². The maximum atomic E-state index is 12.9. The molecule has 0 aliphatic heterocycles. The second-order valence-electron chi connectivity index (χ2n) is 26.3. The minimum absolute atomic E-state index is 0.0368. The highest BCUT2D eigenvalue weighted by molar-refractivity contribution is 7.47. The number of quaternary nitrogens is 1. The zero-order valence-corrected chi connectivity index (χ0v) is 56.7. The maximum Gasteiger partial charge on any atom is 0.472 e. The van der Waals surface area contributed by atoms with Crippen LogP contribution in [0.5, 0.6) is 0 Å². The Labute approximate surface area is 511 Å². The molecule has 82 heavy (non-hydrogen) atoms. The molecule has 0 heterocycles. The Hall–Kier alpha value is -1.25. The van der Waals surface area contributed by atoms with Crippen molar-refractivity contribution in [2.45, 2.75) is 392 Å². The smallest absolute Gasteiger partial charge is 0.462 e. The van der Waals surface area contributed by atoms with E-state index in [4.69, 9.17) is 18.5 Å². The lowest BCUT2D eigenvalue weighted by molar-refractivity contribution is -0.870. The molecule has 10 heteroatoms. The van der Waals surface area contributed by atoms with Gasteiger partial charge in [-0.1, -0.05) is 347 Å². The molecule has 0 aromatic heterocycles. The number of carbonyl (C=O) groups excluding carboxylic acids is 2. The monoisotopic (exact) mass is 1180 g/mol. The first-order valence-corrected chi connectivity index (χ1v) is 37.9. The van der Waals surface area contributed by atoms with Crippen LogP contribution in [-0.4, -0.2) is 74.9 Å². The first kappa shape index (κ1) is 80.8. The van der Waals surface area contributed by atoms with Gasteiger partial charge in [0.2, 0.25) is 0 Å². The summed E-state index contributed by atoms with van der Waals surface area (Å²) < 4.78 is 34.8. The Morgan fingerprint density at radius 1 is 0.366 bits per heavy atom. The molecule has 0 saturated carbocycles. The van der Waals surface area contributed by atoms with Gasteiger partial charge in [-0.05, 0) is 38.5 Å². The van der Waals surface area contributed by atoms with Gasteiger partial charge in [0.25, 0.3) is 0 Å². The third kappa shape index (κ3) is 67.9. The topological polar surface area (TPSA) is 108 Å². The molecule has 0 aliphatic carbocycles. The third-order valence-corrected chi connectivity index (χ3v) is 17.8. The number of carbonyl (C=O) groups is 2. The van der Waals surface area contributed by atoms with E-state index in [0.717, 1.165) is 38.5 Å². The molecule has 0 spiro atoms. The Morgan fingerprint density at radius 3 is 0.902 bits per heavy atom. The number of hydrogen-bond donors (Lipinski definition) is 1. The van der Waals surface area contributed by atoms with Crippen LogP contribution < -0.4 is 0 Å². The highest BCUT2D eigenvalue weighted by Gasteiger charge is 2.27. The first-order valence-electron chi connectivity index (χ1n) is 36.4. The van der Waals surface area contributed by atoms with Gasteiger partial charge in [-0.15, -0.1) is 0 Å². The molecule has 0 saturated heterocycles. The quantitative estimate of drug-likeness (QED) is 0.0211. The normalized spacial score (nSPS) is 13.1. The second-order valence-corrected chi connectivity index (χ2v) is 27.8. The van der Waals surface area contributed by atoms with Crippen molar-refractivity contribution in [3.05, 3.63) is 12.2 Å². The van der Waals surface area contributed by atoms with Crippen molar-refractivity contribution >= 4 is 19.8 Å². The van der Waals surface area contributed by atoms with Gasteiger partial charge in [0, 0.05) is 12.8 Å². The van der Waals surface area contributed by atoms with Crippen LogP contribution in [0.1, 0.15) is 386 Å². The molecular weight excluding hydrogens is 1040 g/mol. The van der Waals surface area contributed by atoms with E-state index in [0.29, 0.717) is 17.4 Å². The minimum atomic E-state index is -4.39. The summed E-state index contributed by atoms with van der Waals surface area (Å²) in [6, 6.07) is 0. The molecule has 9 nitrogen and oxygen atoms in total. The number of unbranched alkanes of at least 4 members (excludes halogenated alkanes) is 53. The standard InChI is InChI=1S/C72H142NO8P/c1-6-8-10-12-14-16-18-20-22-24-26-28-30-32-33-34-35-36-37-38-39-41-43-45-47-49-51-53-55-57-59-61-63-65-72(75)81-70(69-80-82(76,77)79-67-66-73(3,4)5)68-78-71(74)64-62-60-58-56-54-52-50-48-46-44-42-40-31-29-27-25-23-21-19-17-15-13-11-9-7-2/h24,26,70H,6-23,25,27-69H2,1-5H3/p+1/b26-24-. The molecule has 0 aromatic rings. The van der Waals surface area contributed by atoms with E-state index in [-0.39, 0.29) is 25.6 Å². The second kappa shape index (κ2) is 64.2.